The van der Waals surface area contributed by atoms with Gasteiger partial charge in [0.25, 0.3) is 0 Å². The Bertz CT molecular complexity index is 250. The summed E-state index contributed by atoms with van der Waals surface area (Å²) in [6, 6.07) is 0.881. The average Bonchev–Trinajstić information content (AvgIpc) is 2.89. The first-order valence-corrected chi connectivity index (χ1v) is 8.09. The first-order valence-electron chi connectivity index (χ1n) is 8.09. The van der Waals surface area contributed by atoms with Gasteiger partial charge in [0.15, 0.2) is 0 Å². The largest absolute Gasteiger partial charge is 0.317 e. The fourth-order valence-corrected chi connectivity index (χ4v) is 3.99. The van der Waals surface area contributed by atoms with Crippen LogP contribution in [0.1, 0.15) is 38.5 Å². The number of piperidine rings is 2. The third-order valence-electron chi connectivity index (χ3n) is 5.13. The van der Waals surface area contributed by atoms with Crippen molar-refractivity contribution in [2.75, 3.05) is 45.8 Å². The van der Waals surface area contributed by atoms with E-state index in [-0.39, 0.29) is 12.4 Å². The number of rotatable bonds is 3. The van der Waals surface area contributed by atoms with E-state index in [1.54, 1.807) is 0 Å². The Morgan fingerprint density at radius 2 is 1.63 bits per heavy atom. The van der Waals surface area contributed by atoms with Crippen LogP contribution in [0.5, 0.6) is 0 Å². The monoisotopic (exact) mass is 287 g/mol. The Balaban J connectivity index is 0.00000133. The van der Waals surface area contributed by atoms with Gasteiger partial charge in [-0.1, -0.05) is 6.42 Å². The zero-order valence-corrected chi connectivity index (χ0v) is 13.0. The molecule has 4 heteroatoms. The number of halogens is 1. The Morgan fingerprint density at radius 3 is 2.37 bits per heavy atom. The van der Waals surface area contributed by atoms with Crippen molar-refractivity contribution in [3.63, 3.8) is 0 Å². The van der Waals surface area contributed by atoms with Crippen LogP contribution >= 0.6 is 12.4 Å². The van der Waals surface area contributed by atoms with E-state index in [0.717, 1.165) is 12.0 Å². The van der Waals surface area contributed by atoms with Gasteiger partial charge in [0.05, 0.1) is 0 Å². The molecule has 0 aliphatic carbocycles. The van der Waals surface area contributed by atoms with Gasteiger partial charge in [-0.15, -0.1) is 12.4 Å². The fraction of sp³-hybridized carbons (Fsp3) is 1.00. The van der Waals surface area contributed by atoms with Crippen LogP contribution in [0.4, 0.5) is 0 Å². The number of hydrogen-bond acceptors (Lipinski definition) is 3. The van der Waals surface area contributed by atoms with Gasteiger partial charge in [0.1, 0.15) is 0 Å². The highest BCUT2D eigenvalue weighted by Gasteiger charge is 2.29. The lowest BCUT2D eigenvalue weighted by molar-refractivity contribution is 0.156. The third kappa shape index (κ3) is 4.32. The van der Waals surface area contributed by atoms with E-state index in [4.69, 9.17) is 0 Å². The van der Waals surface area contributed by atoms with Gasteiger partial charge < -0.3 is 10.2 Å². The van der Waals surface area contributed by atoms with Crippen LogP contribution in [-0.2, 0) is 0 Å². The van der Waals surface area contributed by atoms with Crippen molar-refractivity contribution in [3.8, 4) is 0 Å². The molecule has 0 aromatic heterocycles. The zero-order chi connectivity index (χ0) is 12.2. The molecule has 0 radical (unpaired) electrons. The van der Waals surface area contributed by atoms with E-state index in [9.17, 15) is 0 Å². The molecule has 0 bridgehead atoms. The van der Waals surface area contributed by atoms with Crippen LogP contribution in [0.25, 0.3) is 0 Å². The molecule has 0 aromatic rings. The average molecular weight is 288 g/mol. The highest BCUT2D eigenvalue weighted by Crippen LogP contribution is 2.22. The highest BCUT2D eigenvalue weighted by atomic mass is 35.5. The molecular weight excluding hydrogens is 258 g/mol. The predicted molar refractivity (Wildman–Crippen MR) is 83.1 cm³/mol. The lowest BCUT2D eigenvalue weighted by Crippen LogP contribution is -2.42. The third-order valence-corrected chi connectivity index (χ3v) is 5.13. The Labute approximate surface area is 124 Å². The van der Waals surface area contributed by atoms with E-state index in [2.05, 4.69) is 15.1 Å². The van der Waals surface area contributed by atoms with Crippen LogP contribution in [0.15, 0.2) is 0 Å². The SMILES string of the molecule is C1CCN(C2CCN(CC3CCNCC3)C2)CC1.Cl. The lowest BCUT2D eigenvalue weighted by Gasteiger charge is -2.33. The molecule has 19 heavy (non-hydrogen) atoms. The molecule has 3 rings (SSSR count). The highest BCUT2D eigenvalue weighted by molar-refractivity contribution is 5.85. The van der Waals surface area contributed by atoms with Crippen LogP contribution in [0, 0.1) is 5.92 Å². The maximum Gasteiger partial charge on any atom is 0.0235 e. The minimum atomic E-state index is 0. The quantitative estimate of drug-likeness (QED) is 0.856. The molecule has 3 aliphatic rings. The second-order valence-corrected chi connectivity index (χ2v) is 6.49. The van der Waals surface area contributed by atoms with Gasteiger partial charge >= 0.3 is 0 Å². The molecule has 1 unspecified atom stereocenters. The molecule has 0 saturated carbocycles. The van der Waals surface area contributed by atoms with Crippen LogP contribution < -0.4 is 5.32 Å². The summed E-state index contributed by atoms with van der Waals surface area (Å²) in [5.41, 5.74) is 0. The molecule has 3 nitrogen and oxygen atoms in total. The molecule has 3 saturated heterocycles. The summed E-state index contributed by atoms with van der Waals surface area (Å²) in [5.74, 6) is 0.964. The number of hydrogen-bond donors (Lipinski definition) is 1. The smallest absolute Gasteiger partial charge is 0.0235 e. The molecule has 112 valence electrons. The molecular formula is C15H30ClN3. The standard InChI is InChI=1S/C15H29N3.ClH/c1-2-9-18(10-3-1)15-6-11-17(13-15)12-14-4-7-16-8-5-14;/h14-16H,1-13H2;1H. The van der Waals surface area contributed by atoms with Gasteiger partial charge in [0, 0.05) is 19.1 Å². The number of likely N-dealkylation sites (tertiary alicyclic amines) is 2. The van der Waals surface area contributed by atoms with Crippen molar-refractivity contribution in [3.05, 3.63) is 0 Å². The van der Waals surface area contributed by atoms with Crippen molar-refractivity contribution in [2.45, 2.75) is 44.6 Å². The van der Waals surface area contributed by atoms with E-state index >= 15 is 0 Å². The van der Waals surface area contributed by atoms with E-state index in [1.807, 2.05) is 0 Å². The minimum Gasteiger partial charge on any atom is -0.317 e. The van der Waals surface area contributed by atoms with Gasteiger partial charge in [-0.25, -0.2) is 0 Å². The normalized spacial score (nSPS) is 31.3. The van der Waals surface area contributed by atoms with Crippen LogP contribution in [0.2, 0.25) is 0 Å². The lowest BCUT2D eigenvalue weighted by atomic mass is 9.98. The second-order valence-electron chi connectivity index (χ2n) is 6.49. The Hall–Kier alpha value is 0.170. The molecule has 0 aromatic carbocycles. The van der Waals surface area contributed by atoms with Gasteiger partial charge in [-0.05, 0) is 70.7 Å². The van der Waals surface area contributed by atoms with Gasteiger partial charge in [-0.3, -0.25) is 4.90 Å². The van der Waals surface area contributed by atoms with Crippen molar-refractivity contribution in [1.82, 2.24) is 15.1 Å². The molecule has 0 spiro atoms. The van der Waals surface area contributed by atoms with Gasteiger partial charge in [-0.2, -0.15) is 0 Å². The van der Waals surface area contributed by atoms with Crippen LogP contribution in [0.3, 0.4) is 0 Å². The van der Waals surface area contributed by atoms with E-state index in [1.165, 1.54) is 84.3 Å². The Kier molecular flexibility index (Phi) is 6.40. The predicted octanol–water partition coefficient (Wildman–Crippen LogP) is 1.97. The van der Waals surface area contributed by atoms with Crippen LogP contribution in [-0.4, -0.2) is 61.7 Å². The maximum absolute atomic E-state index is 3.47. The molecule has 0 amide bonds. The van der Waals surface area contributed by atoms with Crippen molar-refractivity contribution >= 4 is 12.4 Å². The number of nitrogens with one attached hydrogen (secondary N) is 1. The topological polar surface area (TPSA) is 18.5 Å². The molecule has 3 fully saturated rings. The van der Waals surface area contributed by atoms with Crippen molar-refractivity contribution in [2.24, 2.45) is 5.92 Å². The molecule has 1 N–H and O–H groups in total. The maximum atomic E-state index is 3.47. The first kappa shape index (κ1) is 15.6. The molecule has 3 aliphatic heterocycles. The summed E-state index contributed by atoms with van der Waals surface area (Å²) in [7, 11) is 0. The summed E-state index contributed by atoms with van der Waals surface area (Å²) in [6.45, 7) is 9.29. The Morgan fingerprint density at radius 1 is 0.895 bits per heavy atom. The fourth-order valence-electron chi connectivity index (χ4n) is 3.99. The summed E-state index contributed by atoms with van der Waals surface area (Å²) in [4.78, 5) is 5.52. The molecule has 1 atom stereocenters. The summed E-state index contributed by atoms with van der Waals surface area (Å²) >= 11 is 0. The first-order chi connectivity index (χ1) is 8.92. The zero-order valence-electron chi connectivity index (χ0n) is 12.1. The summed E-state index contributed by atoms with van der Waals surface area (Å²) in [6.07, 6.45) is 8.54. The minimum absolute atomic E-state index is 0. The summed E-state index contributed by atoms with van der Waals surface area (Å²) < 4.78 is 0. The molecule has 3 heterocycles. The van der Waals surface area contributed by atoms with Crippen molar-refractivity contribution < 1.29 is 0 Å². The second kappa shape index (κ2) is 7.82. The summed E-state index contributed by atoms with van der Waals surface area (Å²) in [5, 5.41) is 3.47. The van der Waals surface area contributed by atoms with E-state index < -0.39 is 0 Å². The number of nitrogens with zero attached hydrogens (tertiary/aromatic N) is 2. The van der Waals surface area contributed by atoms with Gasteiger partial charge in [0.2, 0.25) is 0 Å². The van der Waals surface area contributed by atoms with E-state index in [0.29, 0.717) is 0 Å². The van der Waals surface area contributed by atoms with Crippen molar-refractivity contribution in [1.29, 1.82) is 0 Å².